The first kappa shape index (κ1) is 23.0. The summed E-state index contributed by atoms with van der Waals surface area (Å²) < 4.78 is 4.96. The summed E-state index contributed by atoms with van der Waals surface area (Å²) in [5, 5.41) is 6.03. The van der Waals surface area contributed by atoms with Gasteiger partial charge < -0.3 is 15.4 Å². The molecule has 1 atom stereocenters. The van der Waals surface area contributed by atoms with Gasteiger partial charge in [-0.3, -0.25) is 9.59 Å². The molecule has 0 fully saturated rings. The van der Waals surface area contributed by atoms with Crippen LogP contribution in [0.5, 0.6) is 0 Å². The lowest BCUT2D eigenvalue weighted by atomic mass is 10.0. The summed E-state index contributed by atoms with van der Waals surface area (Å²) in [7, 11) is 0. The number of ether oxygens (including phenoxy) is 1. The molecule has 6 nitrogen and oxygen atoms in total. The van der Waals surface area contributed by atoms with E-state index in [1.54, 1.807) is 55.5 Å². The van der Waals surface area contributed by atoms with Crippen molar-refractivity contribution >= 4 is 35.1 Å². The number of nitrogens with one attached hydrogen (secondary N) is 2. The number of anilines is 1. The van der Waals surface area contributed by atoms with Crippen LogP contribution in [-0.2, 0) is 9.53 Å². The Balaban J connectivity index is 1.71. The molecule has 2 N–H and O–H groups in total. The third kappa shape index (κ3) is 6.18. The number of halogens is 1. The summed E-state index contributed by atoms with van der Waals surface area (Å²) in [5.74, 6) is -1.07. The van der Waals surface area contributed by atoms with E-state index in [1.165, 1.54) is 0 Å². The highest BCUT2D eigenvalue weighted by Gasteiger charge is 2.20. The molecular weight excluding hydrogens is 428 g/mol. The molecular formula is C25H23ClN2O4. The quantitative estimate of drug-likeness (QED) is 0.472. The highest BCUT2D eigenvalue weighted by molar-refractivity contribution is 6.33. The lowest BCUT2D eigenvalue weighted by Gasteiger charge is -2.19. The van der Waals surface area contributed by atoms with Gasteiger partial charge in [0.15, 0.2) is 0 Å². The van der Waals surface area contributed by atoms with E-state index in [4.69, 9.17) is 16.3 Å². The first-order valence-corrected chi connectivity index (χ1v) is 10.5. The Bertz CT molecular complexity index is 1080. The summed E-state index contributed by atoms with van der Waals surface area (Å²) in [6.45, 7) is 2.03. The van der Waals surface area contributed by atoms with Gasteiger partial charge in [-0.25, -0.2) is 4.79 Å². The molecule has 3 aromatic carbocycles. The number of carbonyl (C=O) groups is 3. The lowest BCUT2D eigenvalue weighted by Crippen LogP contribution is -2.31. The van der Waals surface area contributed by atoms with E-state index in [9.17, 15) is 14.4 Å². The number of hydrogen-bond donors (Lipinski definition) is 2. The maximum absolute atomic E-state index is 12.8. The second kappa shape index (κ2) is 11.1. The Morgan fingerprint density at radius 2 is 1.56 bits per heavy atom. The summed E-state index contributed by atoms with van der Waals surface area (Å²) in [5.41, 5.74) is 2.07. The van der Waals surface area contributed by atoms with Crippen LogP contribution in [0.25, 0.3) is 0 Å². The van der Waals surface area contributed by atoms with Gasteiger partial charge in [-0.15, -0.1) is 0 Å². The Labute approximate surface area is 191 Å². The molecule has 7 heteroatoms. The molecule has 0 saturated carbocycles. The molecule has 0 radical (unpaired) electrons. The maximum atomic E-state index is 12.8. The summed E-state index contributed by atoms with van der Waals surface area (Å²) in [6, 6.07) is 21.9. The number of amides is 2. The predicted octanol–water partition coefficient (Wildman–Crippen LogP) is 5.02. The van der Waals surface area contributed by atoms with Crippen LogP contribution >= 0.6 is 11.6 Å². The summed E-state index contributed by atoms with van der Waals surface area (Å²) >= 11 is 6.14. The fraction of sp³-hybridized carbons (Fsp3) is 0.160. The van der Waals surface area contributed by atoms with Crippen molar-refractivity contribution in [1.82, 2.24) is 5.32 Å². The Morgan fingerprint density at radius 1 is 0.906 bits per heavy atom. The van der Waals surface area contributed by atoms with Gasteiger partial charge in [-0.1, -0.05) is 54.1 Å². The molecule has 164 valence electrons. The predicted molar refractivity (Wildman–Crippen MR) is 124 cm³/mol. The van der Waals surface area contributed by atoms with Crippen molar-refractivity contribution in [2.45, 2.75) is 19.4 Å². The Hall–Kier alpha value is -3.64. The van der Waals surface area contributed by atoms with Crippen molar-refractivity contribution in [3.8, 4) is 0 Å². The smallest absolute Gasteiger partial charge is 0.338 e. The fourth-order valence-electron chi connectivity index (χ4n) is 3.12. The van der Waals surface area contributed by atoms with Crippen LogP contribution in [0, 0.1) is 0 Å². The van der Waals surface area contributed by atoms with E-state index in [1.807, 2.05) is 30.3 Å². The number of rotatable bonds is 8. The fourth-order valence-corrected chi connectivity index (χ4v) is 3.34. The zero-order valence-electron chi connectivity index (χ0n) is 17.5. The number of carbonyl (C=O) groups excluding carboxylic acids is 3. The van der Waals surface area contributed by atoms with Crippen molar-refractivity contribution in [1.29, 1.82) is 0 Å². The van der Waals surface area contributed by atoms with Crippen LogP contribution in [0.4, 0.5) is 5.69 Å². The Morgan fingerprint density at radius 3 is 2.22 bits per heavy atom. The van der Waals surface area contributed by atoms with Crippen molar-refractivity contribution in [2.75, 3.05) is 11.9 Å². The average molecular weight is 451 g/mol. The van der Waals surface area contributed by atoms with E-state index in [0.29, 0.717) is 21.8 Å². The molecule has 0 heterocycles. The van der Waals surface area contributed by atoms with Crippen molar-refractivity contribution < 1.29 is 19.1 Å². The minimum Gasteiger partial charge on any atom is -0.462 e. The molecule has 0 bridgehead atoms. The van der Waals surface area contributed by atoms with Crippen molar-refractivity contribution in [2.24, 2.45) is 0 Å². The highest BCUT2D eigenvalue weighted by atomic mass is 35.5. The monoisotopic (exact) mass is 450 g/mol. The maximum Gasteiger partial charge on any atom is 0.338 e. The van der Waals surface area contributed by atoms with Gasteiger partial charge in [-0.05, 0) is 48.9 Å². The third-order valence-corrected chi connectivity index (χ3v) is 5.02. The minimum atomic E-state index is -0.557. The van der Waals surface area contributed by atoms with Crippen LogP contribution in [0.3, 0.4) is 0 Å². The molecule has 0 saturated heterocycles. The standard InChI is InChI=1S/C25H23ClN2O4/c1-2-32-25(31)18-12-14-19(15-13-18)27-23(29)16-22(17-8-4-3-5-9-17)28-24(30)20-10-6-7-11-21(20)26/h3-15,22H,2,16H2,1H3,(H,27,29)(H,28,30). The molecule has 32 heavy (non-hydrogen) atoms. The van der Waals surface area contributed by atoms with E-state index < -0.39 is 12.0 Å². The second-order valence-electron chi connectivity index (χ2n) is 6.97. The molecule has 0 aliphatic rings. The van der Waals surface area contributed by atoms with Gasteiger partial charge in [0.25, 0.3) is 5.91 Å². The SMILES string of the molecule is CCOC(=O)c1ccc(NC(=O)CC(NC(=O)c2ccccc2Cl)c2ccccc2)cc1. The van der Waals surface area contributed by atoms with Gasteiger partial charge >= 0.3 is 5.97 Å². The Kier molecular flexibility index (Phi) is 8.00. The molecule has 1 unspecified atom stereocenters. The topological polar surface area (TPSA) is 84.5 Å². The van der Waals surface area contributed by atoms with Gasteiger partial charge in [0, 0.05) is 5.69 Å². The van der Waals surface area contributed by atoms with Crippen LogP contribution < -0.4 is 10.6 Å². The number of benzene rings is 3. The van der Waals surface area contributed by atoms with Crippen LogP contribution in [-0.4, -0.2) is 24.4 Å². The van der Waals surface area contributed by atoms with Crippen molar-refractivity contribution in [3.63, 3.8) is 0 Å². The van der Waals surface area contributed by atoms with Crippen molar-refractivity contribution in [3.05, 3.63) is 101 Å². The molecule has 0 spiro atoms. The van der Waals surface area contributed by atoms with E-state index in [-0.39, 0.29) is 24.8 Å². The first-order valence-electron chi connectivity index (χ1n) is 10.1. The molecule has 3 rings (SSSR count). The van der Waals surface area contributed by atoms with Crippen LogP contribution in [0.15, 0.2) is 78.9 Å². The summed E-state index contributed by atoms with van der Waals surface area (Å²) in [6.07, 6.45) is 0.0137. The van der Waals surface area contributed by atoms with Gasteiger partial charge in [-0.2, -0.15) is 0 Å². The average Bonchev–Trinajstić information content (AvgIpc) is 2.80. The molecule has 2 amide bonds. The first-order chi connectivity index (χ1) is 15.5. The normalized spacial score (nSPS) is 11.3. The molecule has 0 aliphatic heterocycles. The van der Waals surface area contributed by atoms with Gasteiger partial charge in [0.05, 0.1) is 35.2 Å². The number of hydrogen-bond acceptors (Lipinski definition) is 4. The van der Waals surface area contributed by atoms with E-state index in [2.05, 4.69) is 10.6 Å². The van der Waals surface area contributed by atoms with E-state index >= 15 is 0 Å². The molecule has 3 aromatic rings. The van der Waals surface area contributed by atoms with Crippen LogP contribution in [0.1, 0.15) is 45.7 Å². The largest absolute Gasteiger partial charge is 0.462 e. The van der Waals surface area contributed by atoms with Gasteiger partial charge in [0.2, 0.25) is 5.91 Å². The minimum absolute atomic E-state index is 0.0137. The molecule has 0 aliphatic carbocycles. The summed E-state index contributed by atoms with van der Waals surface area (Å²) in [4.78, 5) is 37.3. The lowest BCUT2D eigenvalue weighted by molar-refractivity contribution is -0.116. The number of esters is 1. The van der Waals surface area contributed by atoms with Gasteiger partial charge in [0.1, 0.15) is 0 Å². The third-order valence-electron chi connectivity index (χ3n) is 4.70. The van der Waals surface area contributed by atoms with E-state index in [0.717, 1.165) is 5.56 Å². The highest BCUT2D eigenvalue weighted by Crippen LogP contribution is 2.21. The zero-order chi connectivity index (χ0) is 22.9. The second-order valence-corrected chi connectivity index (χ2v) is 7.37. The molecule has 0 aromatic heterocycles. The zero-order valence-corrected chi connectivity index (χ0v) is 18.3. The van der Waals surface area contributed by atoms with Crippen LogP contribution in [0.2, 0.25) is 5.02 Å².